The van der Waals surface area contributed by atoms with Crippen molar-refractivity contribution < 1.29 is 29.3 Å². The second-order valence-corrected chi connectivity index (χ2v) is 4.16. The topological polar surface area (TPSA) is 125 Å². The molecule has 8 nitrogen and oxygen atoms in total. The zero-order valence-electron chi connectivity index (χ0n) is 11.3. The van der Waals surface area contributed by atoms with E-state index in [2.05, 4.69) is 10.6 Å². The van der Waals surface area contributed by atoms with Gasteiger partial charge < -0.3 is 25.6 Å². The van der Waals surface area contributed by atoms with E-state index < -0.39 is 30.4 Å². The molecule has 0 bridgehead atoms. The summed E-state index contributed by atoms with van der Waals surface area (Å²) in [4.78, 5) is 32.8. The second kappa shape index (κ2) is 7.73. The smallest absolute Gasteiger partial charge is 0.326 e. The first-order valence-corrected chi connectivity index (χ1v) is 6.04. The van der Waals surface area contributed by atoms with Crippen LogP contribution in [0.3, 0.4) is 0 Å². The van der Waals surface area contributed by atoms with Crippen molar-refractivity contribution >= 4 is 18.0 Å². The van der Waals surface area contributed by atoms with Gasteiger partial charge in [0.25, 0.3) is 0 Å². The predicted molar refractivity (Wildman–Crippen MR) is 72.0 cm³/mol. The molecular formula is C13H16N2O6. The third-order valence-electron chi connectivity index (χ3n) is 2.59. The SMILES string of the molecule is COc1ccc(CNC(=O)N[C@H](CC(=O)O)C(=O)O)cc1. The number of carbonyl (C=O) groups is 3. The molecule has 0 saturated carbocycles. The summed E-state index contributed by atoms with van der Waals surface area (Å²) in [5, 5.41) is 21.9. The highest BCUT2D eigenvalue weighted by atomic mass is 16.5. The van der Waals surface area contributed by atoms with Gasteiger partial charge >= 0.3 is 18.0 Å². The molecule has 0 aliphatic heterocycles. The Kier molecular flexibility index (Phi) is 5.99. The molecule has 114 valence electrons. The van der Waals surface area contributed by atoms with Crippen molar-refractivity contribution in [3.05, 3.63) is 29.8 Å². The first-order chi connectivity index (χ1) is 9.92. The standard InChI is InChI=1S/C13H16N2O6/c1-21-9-4-2-8(3-5-9)7-14-13(20)15-10(12(18)19)6-11(16)17/h2-5,10H,6-7H2,1H3,(H,16,17)(H,18,19)(H2,14,15,20)/t10-/m1/s1. The van der Waals surface area contributed by atoms with Gasteiger partial charge in [-0.2, -0.15) is 0 Å². The van der Waals surface area contributed by atoms with Crippen LogP contribution in [0.5, 0.6) is 5.75 Å². The number of rotatable bonds is 7. The average molecular weight is 296 g/mol. The molecule has 0 saturated heterocycles. The third kappa shape index (κ3) is 5.81. The number of amides is 2. The minimum Gasteiger partial charge on any atom is -0.497 e. The van der Waals surface area contributed by atoms with Gasteiger partial charge in [0.1, 0.15) is 11.8 Å². The normalized spacial score (nSPS) is 11.3. The lowest BCUT2D eigenvalue weighted by molar-refractivity contribution is -0.145. The average Bonchev–Trinajstić information content (AvgIpc) is 2.44. The first-order valence-electron chi connectivity index (χ1n) is 6.04. The number of benzene rings is 1. The molecule has 0 unspecified atom stereocenters. The van der Waals surface area contributed by atoms with E-state index in [0.29, 0.717) is 5.75 Å². The van der Waals surface area contributed by atoms with E-state index in [1.165, 1.54) is 7.11 Å². The monoisotopic (exact) mass is 296 g/mol. The molecule has 0 spiro atoms. The molecule has 0 aliphatic carbocycles. The lowest BCUT2D eigenvalue weighted by Crippen LogP contribution is -2.46. The molecule has 1 rings (SSSR count). The zero-order chi connectivity index (χ0) is 15.8. The number of carboxylic acid groups (broad SMARTS) is 2. The molecule has 1 aromatic rings. The van der Waals surface area contributed by atoms with Crippen LogP contribution in [0.2, 0.25) is 0 Å². The number of aliphatic carboxylic acids is 2. The van der Waals surface area contributed by atoms with Crippen molar-refractivity contribution in [2.45, 2.75) is 19.0 Å². The molecule has 1 atom stereocenters. The van der Waals surface area contributed by atoms with E-state index in [1.807, 2.05) is 0 Å². The summed E-state index contributed by atoms with van der Waals surface area (Å²) in [6, 6.07) is 4.70. The number of ether oxygens (including phenoxy) is 1. The minimum absolute atomic E-state index is 0.176. The highest BCUT2D eigenvalue weighted by Gasteiger charge is 2.22. The Morgan fingerprint density at radius 1 is 1.19 bits per heavy atom. The number of hydrogen-bond donors (Lipinski definition) is 4. The molecule has 21 heavy (non-hydrogen) atoms. The van der Waals surface area contributed by atoms with E-state index in [-0.39, 0.29) is 6.54 Å². The van der Waals surface area contributed by atoms with Gasteiger partial charge in [-0.1, -0.05) is 12.1 Å². The van der Waals surface area contributed by atoms with Crippen molar-refractivity contribution in [2.75, 3.05) is 7.11 Å². The van der Waals surface area contributed by atoms with Gasteiger partial charge in [0.2, 0.25) is 0 Å². The number of methoxy groups -OCH3 is 1. The second-order valence-electron chi connectivity index (χ2n) is 4.16. The van der Waals surface area contributed by atoms with Crippen LogP contribution >= 0.6 is 0 Å². The summed E-state index contributed by atoms with van der Waals surface area (Å²) < 4.78 is 4.99. The van der Waals surface area contributed by atoms with Crippen LogP contribution in [0.4, 0.5) is 4.79 Å². The Balaban J connectivity index is 2.48. The Morgan fingerprint density at radius 2 is 1.81 bits per heavy atom. The van der Waals surface area contributed by atoms with Crippen LogP contribution < -0.4 is 15.4 Å². The fourth-order valence-corrected chi connectivity index (χ4v) is 1.51. The van der Waals surface area contributed by atoms with Crippen LogP contribution in [0.15, 0.2) is 24.3 Å². The Bertz CT molecular complexity index is 514. The number of carbonyl (C=O) groups excluding carboxylic acids is 1. The lowest BCUT2D eigenvalue weighted by Gasteiger charge is -2.13. The number of nitrogens with one attached hydrogen (secondary N) is 2. The van der Waals surface area contributed by atoms with E-state index in [1.54, 1.807) is 24.3 Å². The van der Waals surface area contributed by atoms with Gasteiger partial charge in [0.15, 0.2) is 0 Å². The van der Waals surface area contributed by atoms with Crippen LogP contribution in [-0.2, 0) is 16.1 Å². The highest BCUT2D eigenvalue weighted by Crippen LogP contribution is 2.10. The first kappa shape index (κ1) is 16.3. The summed E-state index contributed by atoms with van der Waals surface area (Å²) in [7, 11) is 1.54. The highest BCUT2D eigenvalue weighted by molar-refractivity contribution is 5.86. The third-order valence-corrected chi connectivity index (χ3v) is 2.59. The quantitative estimate of drug-likeness (QED) is 0.578. The molecule has 1 aromatic carbocycles. The minimum atomic E-state index is -1.47. The predicted octanol–water partition coefficient (Wildman–Crippen LogP) is 0.422. The maximum absolute atomic E-state index is 11.5. The summed E-state index contributed by atoms with van der Waals surface area (Å²) in [5.41, 5.74) is 0.788. The van der Waals surface area contributed by atoms with Crippen LogP contribution in [0.1, 0.15) is 12.0 Å². The van der Waals surface area contributed by atoms with Crippen LogP contribution in [-0.4, -0.2) is 41.3 Å². The van der Waals surface area contributed by atoms with Gasteiger partial charge in [-0.15, -0.1) is 0 Å². The summed E-state index contributed by atoms with van der Waals surface area (Å²) in [6.07, 6.45) is -0.689. The Hall–Kier alpha value is -2.77. The van der Waals surface area contributed by atoms with Crippen molar-refractivity contribution in [1.29, 1.82) is 0 Å². The molecule has 0 aromatic heterocycles. The fourth-order valence-electron chi connectivity index (χ4n) is 1.51. The maximum atomic E-state index is 11.5. The van der Waals surface area contributed by atoms with E-state index in [4.69, 9.17) is 14.9 Å². The number of carboxylic acids is 2. The zero-order valence-corrected chi connectivity index (χ0v) is 11.3. The summed E-state index contributed by atoms with van der Waals surface area (Å²) in [5.74, 6) is -2.04. The lowest BCUT2D eigenvalue weighted by atomic mass is 10.2. The van der Waals surface area contributed by atoms with Crippen LogP contribution in [0, 0.1) is 0 Å². The molecule has 0 radical (unpaired) electrons. The van der Waals surface area contributed by atoms with Gasteiger partial charge in [-0.3, -0.25) is 4.79 Å². The van der Waals surface area contributed by atoms with Crippen molar-refractivity contribution in [1.82, 2.24) is 10.6 Å². The Morgan fingerprint density at radius 3 is 2.29 bits per heavy atom. The van der Waals surface area contributed by atoms with Crippen molar-refractivity contribution in [3.63, 3.8) is 0 Å². The Labute approximate surface area is 120 Å². The number of urea groups is 1. The molecule has 0 heterocycles. The molecule has 0 aliphatic rings. The van der Waals surface area contributed by atoms with Crippen molar-refractivity contribution in [2.24, 2.45) is 0 Å². The van der Waals surface area contributed by atoms with E-state index in [0.717, 1.165) is 5.56 Å². The molecule has 8 heteroatoms. The summed E-state index contributed by atoms with van der Waals surface area (Å²) in [6.45, 7) is 0.176. The van der Waals surface area contributed by atoms with Gasteiger partial charge in [0.05, 0.1) is 13.5 Å². The summed E-state index contributed by atoms with van der Waals surface area (Å²) >= 11 is 0. The van der Waals surface area contributed by atoms with Gasteiger partial charge in [0, 0.05) is 6.54 Å². The van der Waals surface area contributed by atoms with E-state index in [9.17, 15) is 14.4 Å². The van der Waals surface area contributed by atoms with Crippen LogP contribution in [0.25, 0.3) is 0 Å². The molecule has 0 fully saturated rings. The molecular weight excluding hydrogens is 280 g/mol. The van der Waals surface area contributed by atoms with Crippen molar-refractivity contribution in [3.8, 4) is 5.75 Å². The maximum Gasteiger partial charge on any atom is 0.326 e. The van der Waals surface area contributed by atoms with E-state index >= 15 is 0 Å². The fraction of sp³-hybridized carbons (Fsp3) is 0.308. The molecule has 2 amide bonds. The van der Waals surface area contributed by atoms with Gasteiger partial charge in [-0.25, -0.2) is 9.59 Å². The van der Waals surface area contributed by atoms with Gasteiger partial charge in [-0.05, 0) is 17.7 Å². The largest absolute Gasteiger partial charge is 0.497 e. The molecule has 4 N–H and O–H groups in total. The number of hydrogen-bond acceptors (Lipinski definition) is 4.